The molecule has 7 heteroatoms. The first-order valence-electron chi connectivity index (χ1n) is 11.5. The van der Waals surface area contributed by atoms with Crippen molar-refractivity contribution in [2.75, 3.05) is 31.1 Å². The first-order chi connectivity index (χ1) is 15.6. The number of nitrogens with zero attached hydrogens (tertiary/aromatic N) is 2. The second-order valence-electron chi connectivity index (χ2n) is 8.65. The first-order valence-corrected chi connectivity index (χ1v) is 11.5. The minimum absolute atomic E-state index is 0.124. The lowest BCUT2D eigenvalue weighted by Gasteiger charge is -2.32. The maximum atomic E-state index is 14.6. The van der Waals surface area contributed by atoms with Gasteiger partial charge in [0.05, 0.1) is 24.5 Å². The average Bonchev–Trinajstić information content (AvgIpc) is 2.83. The Morgan fingerprint density at radius 1 is 1.00 bits per heavy atom. The highest BCUT2D eigenvalue weighted by atomic mass is 19.1. The molecule has 172 valence electrons. The lowest BCUT2D eigenvalue weighted by Crippen LogP contribution is -2.45. The second kappa shape index (κ2) is 10.8. The van der Waals surface area contributed by atoms with Crippen LogP contribution >= 0.6 is 0 Å². The van der Waals surface area contributed by atoms with Gasteiger partial charge in [0, 0.05) is 32.7 Å². The number of likely N-dealkylation sites (tertiary alicyclic amines) is 1. The fraction of sp³-hybridized carbons (Fsp3) is 0.480. The molecule has 6 nitrogen and oxygen atoms in total. The van der Waals surface area contributed by atoms with Crippen LogP contribution in [-0.4, -0.2) is 54.4 Å². The topological polar surface area (TPSA) is 65.0 Å². The van der Waals surface area contributed by atoms with Gasteiger partial charge in [-0.05, 0) is 48.9 Å². The molecule has 2 N–H and O–H groups in total. The molecule has 2 saturated heterocycles. The average molecular weight is 442 g/mol. The van der Waals surface area contributed by atoms with Gasteiger partial charge in [0.25, 0.3) is 0 Å². The summed E-state index contributed by atoms with van der Waals surface area (Å²) in [7, 11) is 0. The third kappa shape index (κ3) is 5.99. The van der Waals surface area contributed by atoms with Gasteiger partial charge < -0.3 is 25.0 Å². The number of aliphatic hydroxyl groups is 1. The van der Waals surface area contributed by atoms with E-state index in [1.165, 1.54) is 6.07 Å². The quantitative estimate of drug-likeness (QED) is 0.718. The van der Waals surface area contributed by atoms with Crippen molar-refractivity contribution in [1.82, 2.24) is 10.2 Å². The van der Waals surface area contributed by atoms with Crippen molar-refractivity contribution in [2.45, 2.75) is 51.0 Å². The van der Waals surface area contributed by atoms with Gasteiger partial charge in [0.1, 0.15) is 5.82 Å². The number of ether oxygens (including phenoxy) is 1. The molecule has 4 rings (SSSR count). The summed E-state index contributed by atoms with van der Waals surface area (Å²) < 4.78 is 20.6. The number of rotatable bonds is 6. The molecule has 2 aliphatic heterocycles. The third-order valence-electron chi connectivity index (χ3n) is 6.32. The molecule has 0 atom stereocenters. The molecular weight excluding hydrogens is 409 g/mol. The molecule has 2 aromatic carbocycles. The fourth-order valence-corrected chi connectivity index (χ4v) is 4.33. The summed E-state index contributed by atoms with van der Waals surface area (Å²) in [6, 6.07) is 15.1. The maximum absolute atomic E-state index is 14.6. The number of amides is 2. The number of carbonyl (C=O) groups excluding carboxylic acids is 1. The summed E-state index contributed by atoms with van der Waals surface area (Å²) in [5.41, 5.74) is 2.45. The molecule has 32 heavy (non-hydrogen) atoms. The maximum Gasteiger partial charge on any atom is 0.317 e. The van der Waals surface area contributed by atoms with Gasteiger partial charge in [0.2, 0.25) is 0 Å². The Bertz CT molecular complexity index is 879. The standard InChI is InChI=1S/C25H32FN3O3/c26-23-16-20(6-7-24(23)28-12-8-21(30)9-13-28)17-27-25(31)29-14-10-22(11-15-29)32-18-19-4-2-1-3-5-19/h1-7,16,21-22,30H,8-15,17-18H2,(H,27,31). The highest BCUT2D eigenvalue weighted by Gasteiger charge is 2.23. The molecule has 0 saturated carbocycles. The van der Waals surface area contributed by atoms with Gasteiger partial charge >= 0.3 is 6.03 Å². The van der Waals surface area contributed by atoms with Crippen LogP contribution in [0.2, 0.25) is 0 Å². The number of nitrogens with one attached hydrogen (secondary N) is 1. The lowest BCUT2D eigenvalue weighted by molar-refractivity contribution is 0.00444. The van der Waals surface area contributed by atoms with Crippen LogP contribution in [0.3, 0.4) is 0 Å². The van der Waals surface area contributed by atoms with Gasteiger partial charge in [-0.3, -0.25) is 0 Å². The molecule has 0 aliphatic carbocycles. The van der Waals surface area contributed by atoms with E-state index in [-0.39, 0.29) is 24.1 Å². The third-order valence-corrected chi connectivity index (χ3v) is 6.32. The number of carbonyl (C=O) groups is 1. The van der Waals surface area contributed by atoms with Gasteiger partial charge in [0.15, 0.2) is 0 Å². The second-order valence-corrected chi connectivity index (χ2v) is 8.65. The van der Waals surface area contributed by atoms with Gasteiger partial charge in [-0.15, -0.1) is 0 Å². The zero-order valence-electron chi connectivity index (χ0n) is 18.4. The highest BCUT2D eigenvalue weighted by Crippen LogP contribution is 2.24. The molecule has 0 radical (unpaired) electrons. The summed E-state index contributed by atoms with van der Waals surface area (Å²) in [4.78, 5) is 16.3. The fourth-order valence-electron chi connectivity index (χ4n) is 4.33. The van der Waals surface area contributed by atoms with Crippen molar-refractivity contribution in [3.8, 4) is 0 Å². The number of hydrogen-bond donors (Lipinski definition) is 2. The minimum Gasteiger partial charge on any atom is -0.393 e. The predicted octanol–water partition coefficient (Wildman–Crippen LogP) is 3.68. The summed E-state index contributed by atoms with van der Waals surface area (Å²) >= 11 is 0. The van der Waals surface area contributed by atoms with Crippen LogP contribution in [0.15, 0.2) is 48.5 Å². The van der Waals surface area contributed by atoms with E-state index in [2.05, 4.69) is 17.4 Å². The monoisotopic (exact) mass is 441 g/mol. The van der Waals surface area contributed by atoms with E-state index in [9.17, 15) is 14.3 Å². The zero-order valence-corrected chi connectivity index (χ0v) is 18.4. The molecule has 2 heterocycles. The Hall–Kier alpha value is -2.64. The van der Waals surface area contributed by atoms with Crippen LogP contribution in [-0.2, 0) is 17.9 Å². The molecule has 2 aliphatic rings. The SMILES string of the molecule is O=C(NCc1ccc(N2CCC(O)CC2)c(F)c1)N1CCC(OCc2ccccc2)CC1. The molecular formula is C25H32FN3O3. The lowest BCUT2D eigenvalue weighted by atomic mass is 10.1. The number of halogens is 1. The van der Waals surface area contributed by atoms with E-state index in [1.807, 2.05) is 29.2 Å². The van der Waals surface area contributed by atoms with E-state index in [1.54, 1.807) is 11.0 Å². The zero-order chi connectivity index (χ0) is 22.3. The highest BCUT2D eigenvalue weighted by molar-refractivity contribution is 5.74. The predicted molar refractivity (Wildman–Crippen MR) is 122 cm³/mol. The minimum atomic E-state index is -0.288. The van der Waals surface area contributed by atoms with Crippen molar-refractivity contribution < 1.29 is 19.0 Å². The Morgan fingerprint density at radius 2 is 1.72 bits per heavy atom. The summed E-state index contributed by atoms with van der Waals surface area (Å²) in [5.74, 6) is -0.287. The molecule has 0 bridgehead atoms. The van der Waals surface area contributed by atoms with Crippen LogP contribution < -0.4 is 10.2 Å². The number of benzene rings is 2. The Balaban J connectivity index is 1.20. The molecule has 0 unspecified atom stereocenters. The summed E-state index contributed by atoms with van der Waals surface area (Å²) in [6.45, 7) is 3.49. The van der Waals surface area contributed by atoms with Crippen LogP contribution in [0.1, 0.15) is 36.8 Å². The van der Waals surface area contributed by atoms with Gasteiger partial charge in [-0.1, -0.05) is 36.4 Å². The first kappa shape index (κ1) is 22.6. The Labute approximate surface area is 189 Å². The number of hydrogen-bond acceptors (Lipinski definition) is 4. The normalized spacial score (nSPS) is 18.1. The molecule has 2 aromatic rings. The number of aliphatic hydroxyl groups excluding tert-OH is 1. The molecule has 0 spiro atoms. The van der Waals surface area contributed by atoms with Crippen LogP contribution in [0, 0.1) is 5.82 Å². The van der Waals surface area contributed by atoms with E-state index in [4.69, 9.17) is 4.74 Å². The van der Waals surface area contributed by atoms with Crippen LogP contribution in [0.25, 0.3) is 0 Å². The molecule has 2 fully saturated rings. The van der Waals surface area contributed by atoms with Crippen molar-refractivity contribution in [2.24, 2.45) is 0 Å². The van der Waals surface area contributed by atoms with E-state index >= 15 is 0 Å². The van der Waals surface area contributed by atoms with Crippen molar-refractivity contribution in [3.63, 3.8) is 0 Å². The number of anilines is 1. The largest absolute Gasteiger partial charge is 0.393 e. The van der Waals surface area contributed by atoms with E-state index in [0.717, 1.165) is 24.0 Å². The molecule has 2 amide bonds. The number of urea groups is 1. The Kier molecular flexibility index (Phi) is 7.60. The van der Waals surface area contributed by atoms with Crippen LogP contribution in [0.5, 0.6) is 0 Å². The van der Waals surface area contributed by atoms with Crippen molar-refractivity contribution >= 4 is 11.7 Å². The van der Waals surface area contributed by atoms with E-state index < -0.39 is 0 Å². The Morgan fingerprint density at radius 3 is 2.41 bits per heavy atom. The van der Waals surface area contributed by atoms with Crippen molar-refractivity contribution in [3.05, 3.63) is 65.5 Å². The summed E-state index contributed by atoms with van der Waals surface area (Å²) in [6.07, 6.45) is 2.82. The van der Waals surface area contributed by atoms with Crippen LogP contribution in [0.4, 0.5) is 14.9 Å². The van der Waals surface area contributed by atoms with Gasteiger partial charge in [-0.2, -0.15) is 0 Å². The molecule has 0 aromatic heterocycles. The van der Waals surface area contributed by atoms with Crippen molar-refractivity contribution in [1.29, 1.82) is 0 Å². The van der Waals surface area contributed by atoms with Gasteiger partial charge in [-0.25, -0.2) is 9.18 Å². The smallest absolute Gasteiger partial charge is 0.317 e. The number of piperidine rings is 2. The van der Waals surface area contributed by atoms with E-state index in [0.29, 0.717) is 57.9 Å². The summed E-state index contributed by atoms with van der Waals surface area (Å²) in [5, 5.41) is 12.5.